The second-order valence-corrected chi connectivity index (χ2v) is 14.3. The molecule has 1 aromatic heterocycles. The van der Waals surface area contributed by atoms with Crippen molar-refractivity contribution < 1.29 is 29.0 Å². The molecule has 3 aliphatic heterocycles. The summed E-state index contributed by atoms with van der Waals surface area (Å²) < 4.78 is 12.9. The number of ketones is 1. The highest BCUT2D eigenvalue weighted by atomic mass is 32.2. The Balaban J connectivity index is 1.08. The molecule has 0 saturated carbocycles. The number of thioether (sulfide) groups is 2. The number of hydrogen-bond acceptors (Lipinski definition) is 10. The van der Waals surface area contributed by atoms with Crippen LogP contribution in [0.4, 0.5) is 0 Å². The smallest absolute Gasteiger partial charge is 0.352 e. The van der Waals surface area contributed by atoms with Gasteiger partial charge < -0.3 is 14.6 Å². The van der Waals surface area contributed by atoms with Gasteiger partial charge in [-0.1, -0.05) is 36.4 Å². The van der Waals surface area contributed by atoms with Gasteiger partial charge in [0.05, 0.1) is 16.3 Å². The van der Waals surface area contributed by atoms with Gasteiger partial charge in [0, 0.05) is 42.4 Å². The first-order chi connectivity index (χ1) is 21.8. The summed E-state index contributed by atoms with van der Waals surface area (Å²) in [5.74, 6) is 0.0116. The minimum atomic E-state index is -1.40. The third-order valence-corrected chi connectivity index (χ3v) is 12.1. The zero-order valence-electron chi connectivity index (χ0n) is 24.5. The number of benzene rings is 3. The number of nitrogens with zero attached hydrogens (tertiary/aromatic N) is 3. The lowest BCUT2D eigenvalue weighted by Crippen LogP contribution is -2.75. The Morgan fingerprint density at radius 1 is 1.13 bits per heavy atom. The number of amides is 1. The number of aliphatic imine (C=N–C) groups is 1. The highest BCUT2D eigenvalue weighted by Crippen LogP contribution is 2.49. The number of carboxylic acid groups (broad SMARTS) is 1. The van der Waals surface area contributed by atoms with Crippen molar-refractivity contribution >= 4 is 78.6 Å². The zero-order valence-corrected chi connectivity index (χ0v) is 27.0. The van der Waals surface area contributed by atoms with Crippen LogP contribution >= 0.6 is 34.9 Å². The van der Waals surface area contributed by atoms with E-state index in [1.807, 2.05) is 60.7 Å². The quantitative estimate of drug-likeness (QED) is 0.219. The van der Waals surface area contributed by atoms with Crippen molar-refractivity contribution in [1.29, 1.82) is 0 Å². The van der Waals surface area contributed by atoms with Gasteiger partial charge in [0.25, 0.3) is 5.91 Å². The Hall–Kier alpha value is -3.71. The Morgan fingerprint density at radius 3 is 2.69 bits per heavy atom. The topological polar surface area (TPSA) is 118 Å². The molecule has 9 nitrogen and oxygen atoms in total. The zero-order chi connectivity index (χ0) is 31.3. The SMILES string of the molecule is CO[C@@]1(CC(=O)Cc2ccccc2)C(=O)N2C(C(=O)O)=C(COc3ccc4c(ccc5nc(C6=NC(C)CS6)sc54)c3)CSC21. The third-order valence-electron chi connectivity index (χ3n) is 8.21. The molecule has 2 unspecified atom stereocenters. The van der Waals surface area contributed by atoms with Crippen LogP contribution in [-0.4, -0.2) is 79.9 Å². The maximum absolute atomic E-state index is 13.5. The first kappa shape index (κ1) is 30.0. The molecule has 4 heterocycles. The highest BCUT2D eigenvalue weighted by Gasteiger charge is 2.65. The molecule has 0 aliphatic carbocycles. The number of β-lactam (4-membered cyclic amide) rings is 1. The Kier molecular flexibility index (Phi) is 7.93. The number of carboxylic acids is 1. The van der Waals surface area contributed by atoms with Crippen molar-refractivity contribution in [1.82, 2.24) is 9.88 Å². The monoisotopic (exact) mass is 659 g/mol. The molecular weight excluding hydrogens is 631 g/mol. The predicted octanol–water partition coefficient (Wildman–Crippen LogP) is 5.55. The Labute approximate surface area is 271 Å². The molecule has 12 heteroatoms. The molecule has 0 spiro atoms. The molecule has 0 radical (unpaired) electrons. The van der Waals surface area contributed by atoms with E-state index in [0.29, 0.717) is 23.1 Å². The largest absolute Gasteiger partial charge is 0.489 e. The number of methoxy groups -OCH3 is 1. The van der Waals surface area contributed by atoms with Crippen molar-refractivity contribution in [2.75, 3.05) is 25.2 Å². The van der Waals surface area contributed by atoms with Crippen LogP contribution in [0, 0.1) is 0 Å². The lowest BCUT2D eigenvalue weighted by molar-refractivity contribution is -0.186. The first-order valence-corrected chi connectivity index (χ1v) is 17.3. The molecule has 1 fully saturated rings. The molecule has 0 bridgehead atoms. The van der Waals surface area contributed by atoms with Crippen LogP contribution in [0.2, 0.25) is 0 Å². The van der Waals surface area contributed by atoms with Gasteiger partial charge in [0.1, 0.15) is 39.3 Å². The average molecular weight is 660 g/mol. The fourth-order valence-electron chi connectivity index (χ4n) is 6.01. The van der Waals surface area contributed by atoms with Crippen LogP contribution in [0.5, 0.6) is 5.75 Å². The van der Waals surface area contributed by atoms with E-state index in [1.165, 1.54) is 23.8 Å². The molecule has 3 aromatic carbocycles. The van der Waals surface area contributed by atoms with Crippen LogP contribution in [0.1, 0.15) is 23.9 Å². The number of Topliss-reactive ketones (excluding diaryl/α,β-unsaturated/α-hetero) is 1. The van der Waals surface area contributed by atoms with Gasteiger partial charge in [-0.15, -0.1) is 34.9 Å². The molecule has 4 aromatic rings. The van der Waals surface area contributed by atoms with Gasteiger partial charge in [0.15, 0.2) is 5.60 Å². The number of aliphatic carboxylic acids is 1. The van der Waals surface area contributed by atoms with Gasteiger partial charge in [0.2, 0.25) is 0 Å². The van der Waals surface area contributed by atoms with E-state index in [9.17, 15) is 19.5 Å². The molecule has 45 heavy (non-hydrogen) atoms. The summed E-state index contributed by atoms with van der Waals surface area (Å²) in [5.41, 5.74) is 0.766. The molecule has 1 saturated heterocycles. The second-order valence-electron chi connectivity index (χ2n) is 11.3. The maximum Gasteiger partial charge on any atom is 0.352 e. The minimum Gasteiger partial charge on any atom is -0.489 e. The summed E-state index contributed by atoms with van der Waals surface area (Å²) in [6.45, 7) is 2.11. The van der Waals surface area contributed by atoms with E-state index in [0.717, 1.165) is 42.4 Å². The van der Waals surface area contributed by atoms with Crippen molar-refractivity contribution in [3.05, 3.63) is 82.5 Å². The minimum absolute atomic E-state index is 0.00570. The van der Waals surface area contributed by atoms with Crippen molar-refractivity contribution in [3.8, 4) is 5.75 Å². The van der Waals surface area contributed by atoms with Crippen LogP contribution in [0.3, 0.4) is 0 Å². The first-order valence-electron chi connectivity index (χ1n) is 14.5. The average Bonchev–Trinajstić information content (AvgIpc) is 3.68. The highest BCUT2D eigenvalue weighted by molar-refractivity contribution is 8.15. The number of carbonyl (C=O) groups excluding carboxylic acids is 2. The summed E-state index contributed by atoms with van der Waals surface area (Å²) in [4.78, 5) is 49.7. The van der Waals surface area contributed by atoms with E-state index in [-0.39, 0.29) is 30.9 Å². The number of rotatable bonds is 10. The summed E-state index contributed by atoms with van der Waals surface area (Å²) in [7, 11) is 1.40. The molecular formula is C33H29N3O6S3. The van der Waals surface area contributed by atoms with Gasteiger partial charge in [-0.2, -0.15) is 0 Å². The van der Waals surface area contributed by atoms with Gasteiger partial charge in [-0.25, -0.2) is 9.78 Å². The third kappa shape index (κ3) is 5.33. The summed E-state index contributed by atoms with van der Waals surface area (Å²) in [5, 5.41) is 13.5. The molecule has 1 N–H and O–H groups in total. The lowest BCUT2D eigenvalue weighted by atomic mass is 9.84. The molecule has 7 rings (SSSR count). The van der Waals surface area contributed by atoms with Crippen LogP contribution in [-0.2, 0) is 25.5 Å². The predicted molar refractivity (Wildman–Crippen MR) is 178 cm³/mol. The van der Waals surface area contributed by atoms with Gasteiger partial charge in [-0.05, 0) is 42.1 Å². The molecule has 3 aliphatic rings. The molecule has 1 amide bonds. The van der Waals surface area contributed by atoms with Crippen LogP contribution in [0.25, 0.3) is 21.0 Å². The number of hydrogen-bond donors (Lipinski definition) is 1. The summed E-state index contributed by atoms with van der Waals surface area (Å²) in [6, 6.07) is 19.4. The number of fused-ring (bicyclic) bond motifs is 4. The number of aromatic nitrogens is 1. The van der Waals surface area contributed by atoms with Crippen molar-refractivity contribution in [3.63, 3.8) is 0 Å². The number of ether oxygens (including phenoxy) is 2. The Bertz CT molecular complexity index is 1920. The van der Waals surface area contributed by atoms with Crippen molar-refractivity contribution in [2.45, 2.75) is 36.8 Å². The number of carbonyl (C=O) groups is 3. The Morgan fingerprint density at radius 2 is 1.96 bits per heavy atom. The number of thiazole rings is 1. The standard InChI is InChI=1S/C33H29N3O6S3/c1-18-16-43-28(34-18)29-35-25-11-8-20-13-23(9-10-24(20)27(25)45-29)42-15-21-17-44-32-33(41-2,31(40)36(32)26(21)30(38)39)14-22(37)12-19-6-4-3-5-7-19/h3-11,13,18,32H,12,14-17H2,1-2H3,(H,38,39)/t18?,32?,33-/m0/s1. The normalized spacial score (nSPS) is 22.8. The van der Waals surface area contributed by atoms with E-state index in [4.69, 9.17) is 19.5 Å². The van der Waals surface area contributed by atoms with E-state index in [2.05, 4.69) is 6.92 Å². The van der Waals surface area contributed by atoms with Crippen molar-refractivity contribution in [2.24, 2.45) is 4.99 Å². The second kappa shape index (κ2) is 11.9. The molecule has 3 atom stereocenters. The van der Waals surface area contributed by atoms with Gasteiger partial charge in [-0.3, -0.25) is 19.5 Å². The van der Waals surface area contributed by atoms with Gasteiger partial charge >= 0.3 is 5.97 Å². The fraction of sp³-hybridized carbons (Fsp3) is 0.303. The van der Waals surface area contributed by atoms with E-state index in [1.54, 1.807) is 23.1 Å². The van der Waals surface area contributed by atoms with E-state index < -0.39 is 22.9 Å². The van der Waals surface area contributed by atoms with E-state index >= 15 is 0 Å². The summed E-state index contributed by atoms with van der Waals surface area (Å²) >= 11 is 4.76. The van der Waals surface area contributed by atoms with Crippen LogP contribution in [0.15, 0.2) is 76.9 Å². The fourth-order valence-corrected chi connectivity index (χ4v) is 9.68. The lowest BCUT2D eigenvalue weighted by Gasteiger charge is -2.56. The maximum atomic E-state index is 13.5. The molecule has 230 valence electrons. The van der Waals surface area contributed by atoms with Crippen LogP contribution < -0.4 is 4.74 Å². The summed E-state index contributed by atoms with van der Waals surface area (Å²) in [6.07, 6.45) is 0.0498.